The third-order valence-electron chi connectivity index (χ3n) is 3.53. The van der Waals surface area contributed by atoms with Gasteiger partial charge in [0.2, 0.25) is 0 Å². The third-order valence-corrected chi connectivity index (χ3v) is 3.86. The largest absolute Gasteiger partial charge is 0.496 e. The first-order valence-corrected chi connectivity index (χ1v) is 7.41. The number of aromatic nitrogens is 3. The van der Waals surface area contributed by atoms with Crippen LogP contribution in [0.2, 0.25) is 5.02 Å². The number of rotatable bonds is 3. The number of nitrogens with zero attached hydrogens (tertiary/aromatic N) is 2. The molecule has 0 spiro atoms. The summed E-state index contributed by atoms with van der Waals surface area (Å²) in [5.41, 5.74) is 5.53. The molecule has 0 atom stereocenters. The molecule has 3 rings (SSSR count). The van der Waals surface area contributed by atoms with E-state index < -0.39 is 11.7 Å². The van der Waals surface area contributed by atoms with E-state index in [2.05, 4.69) is 15.2 Å². The SMILES string of the molecule is COc1cc(N)c(Cl)cc1-c1n[nH]c(-c2ccccc2C(F)(F)F)n1. The van der Waals surface area contributed by atoms with Crippen LogP contribution in [0.3, 0.4) is 0 Å². The Kier molecular flexibility index (Phi) is 4.30. The summed E-state index contributed by atoms with van der Waals surface area (Å²) < 4.78 is 44.7. The van der Waals surface area contributed by atoms with Gasteiger partial charge in [0.25, 0.3) is 0 Å². The first-order chi connectivity index (χ1) is 11.8. The van der Waals surface area contributed by atoms with Crippen LogP contribution in [0.5, 0.6) is 5.75 Å². The smallest absolute Gasteiger partial charge is 0.417 e. The lowest BCUT2D eigenvalue weighted by atomic mass is 10.1. The molecule has 9 heteroatoms. The first-order valence-electron chi connectivity index (χ1n) is 7.03. The quantitative estimate of drug-likeness (QED) is 0.672. The van der Waals surface area contributed by atoms with Crippen molar-refractivity contribution in [2.75, 3.05) is 12.8 Å². The van der Waals surface area contributed by atoms with E-state index in [1.165, 1.54) is 37.4 Å². The number of benzene rings is 2. The van der Waals surface area contributed by atoms with Gasteiger partial charge >= 0.3 is 6.18 Å². The van der Waals surface area contributed by atoms with E-state index in [4.69, 9.17) is 22.1 Å². The predicted octanol–water partition coefficient (Wildman–Crippen LogP) is 4.40. The molecule has 0 unspecified atom stereocenters. The van der Waals surface area contributed by atoms with Crippen LogP contribution in [0.1, 0.15) is 5.56 Å². The second kappa shape index (κ2) is 6.29. The Morgan fingerprint density at radius 2 is 1.88 bits per heavy atom. The average Bonchev–Trinajstić information content (AvgIpc) is 3.06. The molecule has 0 saturated heterocycles. The number of nitrogens with one attached hydrogen (secondary N) is 1. The number of nitrogens with two attached hydrogens (primary N) is 1. The molecular formula is C16H12ClF3N4O. The highest BCUT2D eigenvalue weighted by Crippen LogP contribution is 2.38. The number of anilines is 1. The van der Waals surface area contributed by atoms with E-state index in [-0.39, 0.29) is 22.2 Å². The van der Waals surface area contributed by atoms with Crippen molar-refractivity contribution < 1.29 is 17.9 Å². The van der Waals surface area contributed by atoms with Gasteiger partial charge in [0.1, 0.15) is 5.75 Å². The number of alkyl halides is 3. The fourth-order valence-corrected chi connectivity index (χ4v) is 2.52. The van der Waals surface area contributed by atoms with Gasteiger partial charge < -0.3 is 10.5 Å². The summed E-state index contributed by atoms with van der Waals surface area (Å²) in [5, 5.41) is 6.77. The Labute approximate surface area is 145 Å². The molecular weight excluding hydrogens is 357 g/mol. The van der Waals surface area contributed by atoms with Crippen LogP contribution < -0.4 is 10.5 Å². The minimum atomic E-state index is -4.51. The predicted molar refractivity (Wildman–Crippen MR) is 88.2 cm³/mol. The summed E-state index contributed by atoms with van der Waals surface area (Å²) in [6.07, 6.45) is -4.51. The molecule has 0 amide bonds. The second-order valence-electron chi connectivity index (χ2n) is 5.12. The van der Waals surface area contributed by atoms with Crippen LogP contribution >= 0.6 is 11.6 Å². The van der Waals surface area contributed by atoms with Crippen molar-refractivity contribution in [3.63, 3.8) is 0 Å². The van der Waals surface area contributed by atoms with Crippen molar-refractivity contribution >= 4 is 17.3 Å². The molecule has 0 aliphatic carbocycles. The van der Waals surface area contributed by atoms with Gasteiger partial charge in [0.15, 0.2) is 11.6 Å². The number of aromatic amines is 1. The Bertz CT molecular complexity index is 924. The van der Waals surface area contributed by atoms with Gasteiger partial charge in [-0.1, -0.05) is 29.8 Å². The number of ether oxygens (including phenoxy) is 1. The fourth-order valence-electron chi connectivity index (χ4n) is 2.35. The van der Waals surface area contributed by atoms with E-state index in [9.17, 15) is 13.2 Å². The van der Waals surface area contributed by atoms with Crippen LogP contribution in [-0.2, 0) is 6.18 Å². The van der Waals surface area contributed by atoms with Crippen molar-refractivity contribution in [3.05, 3.63) is 47.0 Å². The number of hydrogen-bond acceptors (Lipinski definition) is 4. The zero-order valence-electron chi connectivity index (χ0n) is 12.9. The second-order valence-corrected chi connectivity index (χ2v) is 5.53. The molecule has 3 N–H and O–H groups in total. The maximum absolute atomic E-state index is 13.2. The topological polar surface area (TPSA) is 76.8 Å². The summed E-state index contributed by atoms with van der Waals surface area (Å²) in [7, 11) is 1.43. The zero-order chi connectivity index (χ0) is 18.2. The van der Waals surface area contributed by atoms with Crippen molar-refractivity contribution in [1.29, 1.82) is 0 Å². The minimum Gasteiger partial charge on any atom is -0.496 e. The summed E-state index contributed by atoms with van der Waals surface area (Å²) in [6.45, 7) is 0. The summed E-state index contributed by atoms with van der Waals surface area (Å²) in [6, 6.07) is 8.11. The van der Waals surface area contributed by atoms with Gasteiger partial charge in [-0.15, -0.1) is 0 Å². The van der Waals surface area contributed by atoms with Crippen LogP contribution in [0, 0.1) is 0 Å². The molecule has 0 fully saturated rings. The molecule has 0 aliphatic rings. The summed E-state index contributed by atoms with van der Waals surface area (Å²) >= 11 is 6.01. The van der Waals surface area contributed by atoms with Gasteiger partial charge in [-0.2, -0.15) is 18.3 Å². The molecule has 0 aliphatic heterocycles. The van der Waals surface area contributed by atoms with Crippen molar-refractivity contribution in [2.45, 2.75) is 6.18 Å². The van der Waals surface area contributed by atoms with Gasteiger partial charge in [0, 0.05) is 11.6 Å². The Morgan fingerprint density at radius 3 is 2.56 bits per heavy atom. The van der Waals surface area contributed by atoms with Gasteiger partial charge in [0.05, 0.1) is 28.9 Å². The highest BCUT2D eigenvalue weighted by Gasteiger charge is 2.34. The number of hydrogen-bond donors (Lipinski definition) is 2. The van der Waals surface area contributed by atoms with E-state index in [0.717, 1.165) is 6.07 Å². The van der Waals surface area contributed by atoms with E-state index in [0.29, 0.717) is 17.0 Å². The number of nitrogen functional groups attached to an aromatic ring is 1. The Balaban J connectivity index is 2.10. The maximum atomic E-state index is 13.2. The summed E-state index contributed by atoms with van der Waals surface area (Å²) in [4.78, 5) is 4.16. The number of methoxy groups -OCH3 is 1. The van der Waals surface area contributed by atoms with Gasteiger partial charge in [-0.05, 0) is 12.1 Å². The lowest BCUT2D eigenvalue weighted by Crippen LogP contribution is -2.07. The maximum Gasteiger partial charge on any atom is 0.417 e. The molecule has 5 nitrogen and oxygen atoms in total. The van der Waals surface area contributed by atoms with Crippen molar-refractivity contribution in [2.24, 2.45) is 0 Å². The van der Waals surface area contributed by atoms with E-state index >= 15 is 0 Å². The van der Waals surface area contributed by atoms with Crippen LogP contribution in [0.4, 0.5) is 18.9 Å². The lowest BCUT2D eigenvalue weighted by molar-refractivity contribution is -0.137. The molecule has 2 aromatic carbocycles. The molecule has 0 saturated carbocycles. The summed E-state index contributed by atoms with van der Waals surface area (Å²) in [5.74, 6) is 0.486. The van der Waals surface area contributed by atoms with Gasteiger partial charge in [-0.3, -0.25) is 5.10 Å². The molecule has 1 aromatic heterocycles. The minimum absolute atomic E-state index is 0.0158. The standard InChI is InChI=1S/C16H12ClF3N4O/c1-25-13-7-12(21)11(17)6-9(13)15-22-14(23-24-15)8-4-2-3-5-10(8)16(18,19)20/h2-7H,21H2,1H3,(H,22,23,24). The molecule has 130 valence electrons. The molecule has 0 bridgehead atoms. The van der Waals surface area contributed by atoms with Crippen LogP contribution in [0.25, 0.3) is 22.8 Å². The van der Waals surface area contributed by atoms with Crippen LogP contribution in [-0.4, -0.2) is 22.3 Å². The molecule has 3 aromatic rings. The lowest BCUT2D eigenvalue weighted by Gasteiger charge is -2.10. The monoisotopic (exact) mass is 368 g/mol. The third kappa shape index (κ3) is 3.25. The highest BCUT2D eigenvalue weighted by atomic mass is 35.5. The first kappa shape index (κ1) is 17.1. The number of H-pyrrole nitrogens is 1. The van der Waals surface area contributed by atoms with Crippen molar-refractivity contribution in [1.82, 2.24) is 15.2 Å². The average molecular weight is 369 g/mol. The highest BCUT2D eigenvalue weighted by molar-refractivity contribution is 6.33. The Hall–Kier alpha value is -2.74. The van der Waals surface area contributed by atoms with E-state index in [1.54, 1.807) is 0 Å². The Morgan fingerprint density at radius 1 is 1.16 bits per heavy atom. The molecule has 1 heterocycles. The number of halogens is 4. The zero-order valence-corrected chi connectivity index (χ0v) is 13.6. The normalized spacial score (nSPS) is 11.6. The molecule has 0 radical (unpaired) electrons. The molecule has 25 heavy (non-hydrogen) atoms. The van der Waals surface area contributed by atoms with E-state index in [1.807, 2.05) is 0 Å². The fraction of sp³-hybridized carbons (Fsp3) is 0.125. The van der Waals surface area contributed by atoms with Crippen LogP contribution in [0.15, 0.2) is 36.4 Å². The van der Waals surface area contributed by atoms with Gasteiger partial charge in [-0.25, -0.2) is 4.98 Å². The van der Waals surface area contributed by atoms with Crippen molar-refractivity contribution in [3.8, 4) is 28.5 Å².